The Hall–Kier alpha value is -3.83. The molecule has 0 saturated carbocycles. The van der Waals surface area contributed by atoms with Crippen LogP contribution in [0.1, 0.15) is 55.5 Å². The monoisotopic (exact) mass is 629 g/mol. The number of nitrogens with zero attached hydrogens (tertiary/aromatic N) is 3. The van der Waals surface area contributed by atoms with Gasteiger partial charge in [0.25, 0.3) is 0 Å². The summed E-state index contributed by atoms with van der Waals surface area (Å²) in [5, 5.41) is 38.2. The van der Waals surface area contributed by atoms with Crippen LogP contribution in [0, 0.1) is 5.92 Å². The van der Waals surface area contributed by atoms with Crippen LogP contribution < -0.4 is 10.6 Å². The van der Waals surface area contributed by atoms with Crippen molar-refractivity contribution in [3.63, 3.8) is 0 Å². The molecule has 10 heteroatoms. The molecular formula is C36H47N5O5. The number of amides is 2. The van der Waals surface area contributed by atoms with Crippen LogP contribution in [0.3, 0.4) is 0 Å². The average molecular weight is 630 g/mol. The summed E-state index contributed by atoms with van der Waals surface area (Å²) in [4.78, 5) is 35.9. The summed E-state index contributed by atoms with van der Waals surface area (Å²) in [7, 11) is 0. The lowest BCUT2D eigenvalue weighted by atomic mass is 9.91. The van der Waals surface area contributed by atoms with E-state index in [4.69, 9.17) is 0 Å². The number of nitrogens with one attached hydrogen (secondary N) is 2. The van der Waals surface area contributed by atoms with Crippen LogP contribution in [-0.2, 0) is 29.0 Å². The number of benzene rings is 2. The molecule has 2 heterocycles. The molecule has 46 heavy (non-hydrogen) atoms. The lowest BCUT2D eigenvalue weighted by Crippen LogP contribution is -2.61. The third-order valence-electron chi connectivity index (χ3n) is 8.80. The van der Waals surface area contributed by atoms with Crippen LogP contribution in [0.5, 0.6) is 5.75 Å². The Morgan fingerprint density at radius 3 is 2.50 bits per heavy atom. The predicted octanol–water partition coefficient (Wildman–Crippen LogP) is 2.57. The molecule has 5 rings (SSSR count). The molecule has 2 amide bonds. The number of rotatable bonds is 11. The van der Waals surface area contributed by atoms with E-state index in [1.165, 1.54) is 0 Å². The smallest absolute Gasteiger partial charge is 0.239 e. The lowest BCUT2D eigenvalue weighted by Gasteiger charge is -2.42. The maximum atomic E-state index is 13.8. The largest absolute Gasteiger partial charge is 0.508 e. The van der Waals surface area contributed by atoms with E-state index in [1.807, 2.05) is 68.3 Å². The van der Waals surface area contributed by atoms with E-state index in [0.29, 0.717) is 32.5 Å². The van der Waals surface area contributed by atoms with E-state index < -0.39 is 35.7 Å². The summed E-state index contributed by atoms with van der Waals surface area (Å²) >= 11 is 0. The highest BCUT2D eigenvalue weighted by Crippen LogP contribution is 2.32. The Labute approximate surface area is 271 Å². The molecule has 0 spiro atoms. The highest BCUT2D eigenvalue weighted by Gasteiger charge is 2.37. The fourth-order valence-electron chi connectivity index (χ4n) is 6.58. The van der Waals surface area contributed by atoms with Gasteiger partial charge in [0.15, 0.2) is 0 Å². The quantitative estimate of drug-likeness (QED) is 0.218. The first-order valence-electron chi connectivity index (χ1n) is 16.1. The van der Waals surface area contributed by atoms with Gasteiger partial charge in [-0.2, -0.15) is 0 Å². The number of aromatic nitrogens is 1. The van der Waals surface area contributed by atoms with Crippen LogP contribution >= 0.6 is 0 Å². The number of β-amino-alcohol motifs (C(OH)–C–C–N with tert-alkyl or cyclic N) is 1. The number of aliphatic hydroxyl groups is 2. The van der Waals surface area contributed by atoms with E-state index in [2.05, 4.69) is 20.5 Å². The Balaban J connectivity index is 1.30. The molecule has 10 nitrogen and oxygen atoms in total. The molecule has 1 aliphatic heterocycles. The topological polar surface area (TPSA) is 138 Å². The number of fused-ring (bicyclic) bond motifs is 1. The average Bonchev–Trinajstić information content (AvgIpc) is 3.32. The minimum atomic E-state index is -0.886. The number of aromatic hydroxyl groups is 1. The Morgan fingerprint density at radius 2 is 1.78 bits per heavy atom. The first kappa shape index (κ1) is 33.5. The first-order chi connectivity index (χ1) is 21.9. The summed E-state index contributed by atoms with van der Waals surface area (Å²) < 4.78 is 0. The van der Waals surface area contributed by atoms with Gasteiger partial charge >= 0.3 is 0 Å². The number of phenols is 1. The van der Waals surface area contributed by atoms with Gasteiger partial charge in [0.1, 0.15) is 11.8 Å². The van der Waals surface area contributed by atoms with Gasteiger partial charge in [0.05, 0.1) is 18.2 Å². The maximum absolute atomic E-state index is 13.8. The number of piperazine rings is 1. The molecule has 5 atom stereocenters. The number of aliphatic hydroxyl groups excluding tert-OH is 2. The van der Waals surface area contributed by atoms with Gasteiger partial charge in [-0.05, 0) is 74.1 Å². The third kappa shape index (κ3) is 8.91. The van der Waals surface area contributed by atoms with Crippen molar-refractivity contribution in [3.8, 4) is 5.75 Å². The van der Waals surface area contributed by atoms with Gasteiger partial charge < -0.3 is 26.0 Å². The van der Waals surface area contributed by atoms with Gasteiger partial charge in [0, 0.05) is 63.0 Å². The zero-order chi connectivity index (χ0) is 32.8. The number of phenolic OH excluding ortho intramolecular Hbond substituents is 1. The number of hydrogen-bond donors (Lipinski definition) is 5. The van der Waals surface area contributed by atoms with E-state index in [0.717, 1.165) is 28.8 Å². The Morgan fingerprint density at radius 1 is 1.02 bits per heavy atom. The molecule has 0 bridgehead atoms. The molecule has 1 fully saturated rings. The minimum absolute atomic E-state index is 0.0946. The van der Waals surface area contributed by atoms with Gasteiger partial charge in [-0.15, -0.1) is 0 Å². The fourth-order valence-corrected chi connectivity index (χ4v) is 6.58. The fraction of sp³-hybridized carbons (Fsp3) is 0.472. The molecular weight excluding hydrogens is 582 g/mol. The lowest BCUT2D eigenvalue weighted by molar-refractivity contribution is -0.132. The summed E-state index contributed by atoms with van der Waals surface area (Å²) in [6, 6.07) is 17.4. The molecule has 2 aliphatic rings. The van der Waals surface area contributed by atoms with Crippen molar-refractivity contribution in [1.29, 1.82) is 0 Å². The molecule has 1 aromatic heterocycles. The van der Waals surface area contributed by atoms with E-state index in [-0.39, 0.29) is 30.5 Å². The molecule has 1 saturated heterocycles. The minimum Gasteiger partial charge on any atom is -0.508 e. The van der Waals surface area contributed by atoms with E-state index in [1.54, 1.807) is 30.5 Å². The normalized spacial score (nSPS) is 21.7. The maximum Gasteiger partial charge on any atom is 0.239 e. The SMILES string of the molecule is CC(C)(C)NC(=O)[C@@H]1CN(Cc2cccnc2)CCN1C[C@@H](O)C[C@@H](Cc1ccc(O)cc1)C(=O)N[C@H]1c2ccccc2C[C@H]1O. The number of hydrogen-bond acceptors (Lipinski definition) is 8. The Kier molecular flexibility index (Phi) is 10.7. The Bertz CT molecular complexity index is 1460. The van der Waals surface area contributed by atoms with Crippen molar-refractivity contribution >= 4 is 11.8 Å². The highest BCUT2D eigenvalue weighted by molar-refractivity contribution is 5.83. The van der Waals surface area contributed by atoms with Crippen LogP contribution in [0.25, 0.3) is 0 Å². The molecule has 3 aromatic rings. The van der Waals surface area contributed by atoms with Gasteiger partial charge in [0.2, 0.25) is 11.8 Å². The van der Waals surface area contributed by atoms with Crippen molar-refractivity contribution in [2.75, 3.05) is 26.2 Å². The second kappa shape index (κ2) is 14.7. The molecule has 5 N–H and O–H groups in total. The van der Waals surface area contributed by atoms with E-state index >= 15 is 0 Å². The zero-order valence-corrected chi connectivity index (χ0v) is 27.0. The van der Waals surface area contributed by atoms with Gasteiger partial charge in [-0.1, -0.05) is 42.5 Å². The molecule has 2 aromatic carbocycles. The van der Waals surface area contributed by atoms with Crippen LogP contribution in [0.2, 0.25) is 0 Å². The van der Waals surface area contributed by atoms with Crippen molar-refractivity contribution < 1.29 is 24.9 Å². The van der Waals surface area contributed by atoms with Crippen LogP contribution in [0.4, 0.5) is 0 Å². The number of carbonyl (C=O) groups excluding carboxylic acids is 2. The zero-order valence-electron chi connectivity index (χ0n) is 27.0. The predicted molar refractivity (Wildman–Crippen MR) is 176 cm³/mol. The van der Waals surface area contributed by atoms with E-state index in [9.17, 15) is 24.9 Å². The summed E-state index contributed by atoms with van der Waals surface area (Å²) in [6.07, 6.45) is 2.95. The second-order valence-electron chi connectivity index (χ2n) is 13.8. The van der Waals surface area contributed by atoms with Crippen molar-refractivity contribution in [3.05, 3.63) is 95.3 Å². The van der Waals surface area contributed by atoms with Crippen LogP contribution in [-0.4, -0.2) is 91.9 Å². The molecule has 0 unspecified atom stereocenters. The molecule has 246 valence electrons. The van der Waals surface area contributed by atoms with Crippen LogP contribution in [0.15, 0.2) is 73.1 Å². The number of carbonyl (C=O) groups is 2. The number of pyridine rings is 1. The van der Waals surface area contributed by atoms with Crippen molar-refractivity contribution in [2.24, 2.45) is 5.92 Å². The van der Waals surface area contributed by atoms with Gasteiger partial charge in [-0.25, -0.2) is 0 Å². The summed E-state index contributed by atoms with van der Waals surface area (Å²) in [5.41, 5.74) is 3.43. The van der Waals surface area contributed by atoms with Crippen molar-refractivity contribution in [1.82, 2.24) is 25.4 Å². The first-order valence-corrected chi connectivity index (χ1v) is 16.1. The van der Waals surface area contributed by atoms with Crippen molar-refractivity contribution in [2.45, 2.75) is 76.4 Å². The highest BCUT2D eigenvalue weighted by atomic mass is 16.3. The standard InChI is InChI=1S/C36H47N5O5/c1-36(2,3)39-35(46)31-23-40(21-25-7-6-14-37-20-25)15-16-41(31)22-29(43)18-27(17-24-10-12-28(42)13-11-24)34(45)38-33-30-9-5-4-8-26(30)19-32(33)44/h4-14,20,27,29,31-33,42-44H,15-19,21-23H2,1-3H3,(H,38,45)(H,39,46)/t27-,29+,31+,32-,33+/m1/s1. The summed E-state index contributed by atoms with van der Waals surface area (Å²) in [6.45, 7) is 8.56. The molecule has 1 aliphatic carbocycles. The second-order valence-corrected chi connectivity index (χ2v) is 13.8. The molecule has 0 radical (unpaired) electrons. The third-order valence-corrected chi connectivity index (χ3v) is 8.80. The van der Waals surface area contributed by atoms with Gasteiger partial charge in [-0.3, -0.25) is 24.4 Å². The summed E-state index contributed by atoms with van der Waals surface area (Å²) in [5.74, 6) is -0.815.